The first kappa shape index (κ1) is 13.0. The number of nitrogens with one attached hydrogen (secondary N) is 1. The SMILES string of the molecule is CN(CCc1cccs1)CCN1CCNCC1. The topological polar surface area (TPSA) is 18.5 Å². The second-order valence-electron chi connectivity index (χ2n) is 4.72. The normalized spacial score (nSPS) is 17.8. The molecule has 1 aromatic heterocycles. The lowest BCUT2D eigenvalue weighted by Gasteiger charge is -2.29. The predicted octanol–water partition coefficient (Wildman–Crippen LogP) is 1.13. The van der Waals surface area contributed by atoms with E-state index in [-0.39, 0.29) is 0 Å². The van der Waals surface area contributed by atoms with Crippen LogP contribution in [0.4, 0.5) is 0 Å². The zero-order valence-electron chi connectivity index (χ0n) is 10.7. The maximum absolute atomic E-state index is 3.39. The Morgan fingerprint density at radius 1 is 1.35 bits per heavy atom. The second kappa shape index (κ2) is 7.11. The molecule has 1 aromatic rings. The van der Waals surface area contributed by atoms with Crippen LogP contribution in [0.5, 0.6) is 0 Å². The maximum atomic E-state index is 3.39. The van der Waals surface area contributed by atoms with Gasteiger partial charge in [-0.3, -0.25) is 4.90 Å². The molecule has 96 valence electrons. The quantitative estimate of drug-likeness (QED) is 0.820. The summed E-state index contributed by atoms with van der Waals surface area (Å²) in [5.41, 5.74) is 0. The number of rotatable bonds is 6. The highest BCUT2D eigenvalue weighted by atomic mass is 32.1. The van der Waals surface area contributed by atoms with E-state index in [1.54, 1.807) is 0 Å². The summed E-state index contributed by atoms with van der Waals surface area (Å²) in [5.74, 6) is 0. The van der Waals surface area contributed by atoms with E-state index in [0.29, 0.717) is 0 Å². The predicted molar refractivity (Wildman–Crippen MR) is 74.8 cm³/mol. The average Bonchev–Trinajstić information content (AvgIpc) is 2.88. The van der Waals surface area contributed by atoms with Crippen molar-refractivity contribution in [3.63, 3.8) is 0 Å². The van der Waals surface area contributed by atoms with Crippen LogP contribution < -0.4 is 5.32 Å². The van der Waals surface area contributed by atoms with Gasteiger partial charge in [0.1, 0.15) is 0 Å². The molecule has 0 saturated carbocycles. The van der Waals surface area contributed by atoms with Crippen LogP contribution in [0.25, 0.3) is 0 Å². The zero-order chi connectivity index (χ0) is 11.9. The fraction of sp³-hybridized carbons (Fsp3) is 0.692. The second-order valence-corrected chi connectivity index (χ2v) is 5.76. The van der Waals surface area contributed by atoms with Gasteiger partial charge in [0.05, 0.1) is 0 Å². The van der Waals surface area contributed by atoms with E-state index in [1.807, 2.05) is 11.3 Å². The Morgan fingerprint density at radius 3 is 2.88 bits per heavy atom. The average molecular weight is 253 g/mol. The van der Waals surface area contributed by atoms with Crippen LogP contribution in [0.15, 0.2) is 17.5 Å². The molecule has 17 heavy (non-hydrogen) atoms. The summed E-state index contributed by atoms with van der Waals surface area (Å²) in [6, 6.07) is 4.37. The minimum atomic E-state index is 1.15. The molecule has 0 unspecified atom stereocenters. The lowest BCUT2D eigenvalue weighted by atomic mass is 10.3. The molecular formula is C13H23N3S. The number of nitrogens with zero attached hydrogens (tertiary/aromatic N) is 2. The van der Waals surface area contributed by atoms with Gasteiger partial charge in [0.2, 0.25) is 0 Å². The third-order valence-electron chi connectivity index (χ3n) is 3.33. The Kier molecular flexibility index (Phi) is 5.45. The molecule has 2 heterocycles. The van der Waals surface area contributed by atoms with Crippen molar-refractivity contribution in [1.29, 1.82) is 0 Å². The van der Waals surface area contributed by atoms with E-state index >= 15 is 0 Å². The van der Waals surface area contributed by atoms with Crippen molar-refractivity contribution >= 4 is 11.3 Å². The smallest absolute Gasteiger partial charge is 0.0110 e. The molecule has 1 aliphatic heterocycles. The standard InChI is InChI=1S/C13H23N3S/c1-15(7-4-13-3-2-12-17-13)10-11-16-8-5-14-6-9-16/h2-3,12,14H,4-11H2,1H3. The van der Waals surface area contributed by atoms with Gasteiger partial charge >= 0.3 is 0 Å². The highest BCUT2D eigenvalue weighted by molar-refractivity contribution is 7.09. The largest absolute Gasteiger partial charge is 0.314 e. The van der Waals surface area contributed by atoms with Gasteiger partial charge in [0.25, 0.3) is 0 Å². The molecule has 4 heteroatoms. The first-order chi connectivity index (χ1) is 8.34. The van der Waals surface area contributed by atoms with Crippen LogP contribution in [-0.4, -0.2) is 62.7 Å². The van der Waals surface area contributed by atoms with Crippen LogP contribution in [0.2, 0.25) is 0 Å². The third kappa shape index (κ3) is 4.76. The zero-order valence-corrected chi connectivity index (χ0v) is 11.5. The van der Waals surface area contributed by atoms with Crippen molar-refractivity contribution in [1.82, 2.24) is 15.1 Å². The van der Waals surface area contributed by atoms with Crippen molar-refractivity contribution in [3.8, 4) is 0 Å². The van der Waals surface area contributed by atoms with Crippen LogP contribution >= 0.6 is 11.3 Å². The Balaban J connectivity index is 1.58. The number of likely N-dealkylation sites (N-methyl/N-ethyl adjacent to an activating group) is 1. The van der Waals surface area contributed by atoms with E-state index in [0.717, 1.165) is 13.1 Å². The van der Waals surface area contributed by atoms with Crippen LogP contribution in [-0.2, 0) is 6.42 Å². The first-order valence-corrected chi connectivity index (χ1v) is 7.36. The number of hydrogen-bond donors (Lipinski definition) is 1. The highest BCUT2D eigenvalue weighted by Crippen LogP contribution is 2.09. The minimum Gasteiger partial charge on any atom is -0.314 e. The van der Waals surface area contributed by atoms with Gasteiger partial charge < -0.3 is 10.2 Å². The van der Waals surface area contributed by atoms with Crippen molar-refractivity contribution in [2.75, 3.05) is 52.9 Å². The lowest BCUT2D eigenvalue weighted by Crippen LogP contribution is -2.46. The molecule has 1 fully saturated rings. The summed E-state index contributed by atoms with van der Waals surface area (Å²) in [7, 11) is 2.23. The van der Waals surface area contributed by atoms with Crippen LogP contribution in [0.3, 0.4) is 0 Å². The molecular weight excluding hydrogens is 230 g/mol. The summed E-state index contributed by atoms with van der Waals surface area (Å²) in [5, 5.41) is 5.55. The van der Waals surface area contributed by atoms with Gasteiger partial charge in [-0.05, 0) is 24.9 Å². The van der Waals surface area contributed by atoms with E-state index in [4.69, 9.17) is 0 Å². The van der Waals surface area contributed by atoms with Crippen molar-refractivity contribution in [2.24, 2.45) is 0 Å². The Labute approximate surface area is 108 Å². The fourth-order valence-electron chi connectivity index (χ4n) is 2.11. The van der Waals surface area contributed by atoms with E-state index < -0.39 is 0 Å². The molecule has 0 bridgehead atoms. The van der Waals surface area contributed by atoms with Gasteiger partial charge in [-0.1, -0.05) is 6.07 Å². The first-order valence-electron chi connectivity index (χ1n) is 6.48. The molecule has 2 rings (SSSR count). The van der Waals surface area contributed by atoms with Gasteiger partial charge in [-0.15, -0.1) is 11.3 Å². The summed E-state index contributed by atoms with van der Waals surface area (Å²) in [4.78, 5) is 6.50. The van der Waals surface area contributed by atoms with Crippen molar-refractivity contribution in [2.45, 2.75) is 6.42 Å². The summed E-state index contributed by atoms with van der Waals surface area (Å²) >= 11 is 1.87. The molecule has 3 nitrogen and oxygen atoms in total. The van der Waals surface area contributed by atoms with Crippen LogP contribution in [0.1, 0.15) is 4.88 Å². The fourth-order valence-corrected chi connectivity index (χ4v) is 2.81. The molecule has 0 amide bonds. The molecule has 1 saturated heterocycles. The van der Waals surface area contributed by atoms with E-state index in [9.17, 15) is 0 Å². The van der Waals surface area contributed by atoms with Crippen molar-refractivity contribution in [3.05, 3.63) is 22.4 Å². The Bertz CT molecular complexity index is 294. The molecule has 0 atom stereocenters. The number of piperazine rings is 1. The minimum absolute atomic E-state index is 1.15. The third-order valence-corrected chi connectivity index (χ3v) is 4.26. The van der Waals surface area contributed by atoms with Gasteiger partial charge in [-0.25, -0.2) is 0 Å². The molecule has 0 aromatic carbocycles. The lowest BCUT2D eigenvalue weighted by molar-refractivity contribution is 0.206. The molecule has 1 N–H and O–H groups in total. The van der Waals surface area contributed by atoms with E-state index in [1.165, 1.54) is 44.0 Å². The Morgan fingerprint density at radius 2 is 2.18 bits per heavy atom. The summed E-state index contributed by atoms with van der Waals surface area (Å²) < 4.78 is 0. The van der Waals surface area contributed by atoms with Gasteiger partial charge in [0, 0.05) is 50.7 Å². The van der Waals surface area contributed by atoms with Crippen LogP contribution in [0, 0.1) is 0 Å². The number of hydrogen-bond acceptors (Lipinski definition) is 4. The van der Waals surface area contributed by atoms with Gasteiger partial charge in [0.15, 0.2) is 0 Å². The Hall–Kier alpha value is -0.420. The maximum Gasteiger partial charge on any atom is 0.0110 e. The van der Waals surface area contributed by atoms with Gasteiger partial charge in [-0.2, -0.15) is 0 Å². The number of thiophene rings is 1. The molecule has 0 aliphatic carbocycles. The summed E-state index contributed by atoms with van der Waals surface area (Å²) in [6.07, 6.45) is 1.19. The van der Waals surface area contributed by atoms with E-state index in [2.05, 4.69) is 39.7 Å². The summed E-state index contributed by atoms with van der Waals surface area (Å²) in [6.45, 7) is 8.29. The molecule has 0 radical (unpaired) electrons. The molecule has 1 aliphatic rings. The van der Waals surface area contributed by atoms with Crippen molar-refractivity contribution < 1.29 is 0 Å². The molecule has 0 spiro atoms. The monoisotopic (exact) mass is 253 g/mol. The highest BCUT2D eigenvalue weighted by Gasteiger charge is 2.09.